The highest BCUT2D eigenvalue weighted by atomic mass is 35.5. The molecule has 0 saturated carbocycles. The molecule has 1 aromatic rings. The first-order valence-electron chi connectivity index (χ1n) is 7.57. The maximum Gasteiger partial charge on any atom is 0.154 e. The third-order valence-electron chi connectivity index (χ3n) is 3.24. The number of hydrogen-bond acceptors (Lipinski definition) is 2. The number of allylic oxidation sites excluding steroid dienone is 2. The van der Waals surface area contributed by atoms with Gasteiger partial charge in [0.05, 0.1) is 18.1 Å². The van der Waals surface area contributed by atoms with Gasteiger partial charge in [-0.2, -0.15) is 0 Å². The van der Waals surface area contributed by atoms with E-state index in [2.05, 4.69) is 44.2 Å². The molecule has 2 nitrogen and oxygen atoms in total. The van der Waals surface area contributed by atoms with Gasteiger partial charge in [-0.1, -0.05) is 43.2 Å². The minimum Gasteiger partial charge on any atom is -0.251 e. The Balaban J connectivity index is 0.000000401. The van der Waals surface area contributed by atoms with Gasteiger partial charge < -0.3 is 0 Å². The predicted molar refractivity (Wildman–Crippen MR) is 95.0 cm³/mol. The van der Waals surface area contributed by atoms with E-state index in [1.165, 1.54) is 11.1 Å². The number of nitrogens with zero attached hydrogens (tertiary/aromatic N) is 2. The zero-order valence-electron chi connectivity index (χ0n) is 14.6. The van der Waals surface area contributed by atoms with Crippen LogP contribution in [0, 0.1) is 19.8 Å². The molecular weight excluding hydrogens is 299 g/mol. The van der Waals surface area contributed by atoms with Crippen LogP contribution in [0.4, 0.5) is 4.39 Å². The first-order chi connectivity index (χ1) is 10.2. The summed E-state index contributed by atoms with van der Waals surface area (Å²) in [5.41, 5.74) is 4.98. The SMILES string of the molecule is C=Cc1nc(C)c(C)nc1Cl.CC(C)=C(CCF)CC(C)C. The van der Waals surface area contributed by atoms with E-state index in [4.69, 9.17) is 11.6 Å². The number of hydrogen-bond donors (Lipinski definition) is 0. The fourth-order valence-electron chi connectivity index (χ4n) is 1.89. The Morgan fingerprint density at radius 2 is 1.77 bits per heavy atom. The molecular formula is C18H28ClFN2. The summed E-state index contributed by atoms with van der Waals surface area (Å²) in [6, 6.07) is 0. The smallest absolute Gasteiger partial charge is 0.154 e. The molecule has 0 aliphatic heterocycles. The van der Waals surface area contributed by atoms with Crippen molar-refractivity contribution in [3.8, 4) is 0 Å². The van der Waals surface area contributed by atoms with E-state index in [9.17, 15) is 4.39 Å². The van der Waals surface area contributed by atoms with E-state index in [1.54, 1.807) is 6.08 Å². The number of alkyl halides is 1. The van der Waals surface area contributed by atoms with Crippen molar-refractivity contribution in [3.63, 3.8) is 0 Å². The molecule has 0 N–H and O–H groups in total. The van der Waals surface area contributed by atoms with Crippen LogP contribution in [0.5, 0.6) is 0 Å². The zero-order valence-corrected chi connectivity index (χ0v) is 15.4. The molecule has 0 saturated heterocycles. The molecule has 0 atom stereocenters. The first kappa shape index (κ1) is 20.8. The Morgan fingerprint density at radius 1 is 1.23 bits per heavy atom. The lowest BCUT2D eigenvalue weighted by Gasteiger charge is -2.10. The molecule has 0 aliphatic carbocycles. The zero-order chi connectivity index (χ0) is 17.3. The van der Waals surface area contributed by atoms with E-state index < -0.39 is 0 Å². The lowest BCUT2D eigenvalue weighted by molar-refractivity contribution is 0.480. The fraction of sp³-hybridized carbons (Fsp3) is 0.556. The van der Waals surface area contributed by atoms with Crippen LogP contribution in [0.25, 0.3) is 6.08 Å². The highest BCUT2D eigenvalue weighted by Gasteiger charge is 2.03. The van der Waals surface area contributed by atoms with Crippen molar-refractivity contribution in [2.75, 3.05) is 6.67 Å². The Kier molecular flexibility index (Phi) is 9.91. The van der Waals surface area contributed by atoms with E-state index >= 15 is 0 Å². The summed E-state index contributed by atoms with van der Waals surface area (Å²) < 4.78 is 12.0. The molecule has 124 valence electrons. The molecule has 0 spiro atoms. The summed E-state index contributed by atoms with van der Waals surface area (Å²) >= 11 is 5.76. The van der Waals surface area contributed by atoms with Gasteiger partial charge in [0.1, 0.15) is 5.69 Å². The molecule has 1 heterocycles. The molecule has 1 aromatic heterocycles. The van der Waals surface area contributed by atoms with Crippen LogP contribution >= 0.6 is 11.6 Å². The summed E-state index contributed by atoms with van der Waals surface area (Å²) in [6.45, 7) is 15.6. The van der Waals surface area contributed by atoms with Crippen molar-refractivity contribution >= 4 is 17.7 Å². The van der Waals surface area contributed by atoms with Crippen LogP contribution in [0.15, 0.2) is 17.7 Å². The van der Waals surface area contributed by atoms with Crippen molar-refractivity contribution in [3.05, 3.63) is 40.0 Å². The third-order valence-corrected chi connectivity index (χ3v) is 3.52. The summed E-state index contributed by atoms with van der Waals surface area (Å²) in [4.78, 5) is 8.25. The minimum absolute atomic E-state index is 0.215. The van der Waals surface area contributed by atoms with Gasteiger partial charge in [-0.15, -0.1) is 0 Å². The van der Waals surface area contributed by atoms with Gasteiger partial charge in [-0.05, 0) is 52.5 Å². The highest BCUT2D eigenvalue weighted by Crippen LogP contribution is 2.18. The predicted octanol–water partition coefficient (Wildman–Crippen LogP) is 6.12. The highest BCUT2D eigenvalue weighted by molar-refractivity contribution is 6.30. The lowest BCUT2D eigenvalue weighted by atomic mass is 9.97. The molecule has 0 amide bonds. The second-order valence-electron chi connectivity index (χ2n) is 5.92. The quantitative estimate of drug-likeness (QED) is 0.609. The number of halogens is 2. The normalized spacial score (nSPS) is 10.0. The van der Waals surface area contributed by atoms with E-state index in [0.29, 0.717) is 23.2 Å². The Morgan fingerprint density at radius 3 is 2.18 bits per heavy atom. The largest absolute Gasteiger partial charge is 0.251 e. The Hall–Kier alpha value is -1.22. The maximum atomic E-state index is 12.0. The van der Waals surface area contributed by atoms with Gasteiger partial charge in [0, 0.05) is 0 Å². The maximum absolute atomic E-state index is 12.0. The summed E-state index contributed by atoms with van der Waals surface area (Å²) in [5.74, 6) is 0.645. The Labute approximate surface area is 139 Å². The van der Waals surface area contributed by atoms with Crippen molar-refractivity contribution in [2.24, 2.45) is 5.92 Å². The van der Waals surface area contributed by atoms with E-state index in [0.717, 1.165) is 17.8 Å². The van der Waals surface area contributed by atoms with Crippen LogP contribution in [0.3, 0.4) is 0 Å². The lowest BCUT2D eigenvalue weighted by Crippen LogP contribution is -1.95. The van der Waals surface area contributed by atoms with Gasteiger partial charge in [0.25, 0.3) is 0 Å². The molecule has 0 unspecified atom stereocenters. The molecule has 0 radical (unpaired) electrons. The molecule has 22 heavy (non-hydrogen) atoms. The van der Waals surface area contributed by atoms with Crippen LogP contribution < -0.4 is 0 Å². The molecule has 4 heteroatoms. The summed E-state index contributed by atoms with van der Waals surface area (Å²) in [6.07, 6.45) is 3.27. The monoisotopic (exact) mass is 326 g/mol. The van der Waals surface area contributed by atoms with Crippen LogP contribution in [0.1, 0.15) is 57.6 Å². The molecule has 1 rings (SSSR count). The van der Waals surface area contributed by atoms with Crippen LogP contribution in [0.2, 0.25) is 5.15 Å². The van der Waals surface area contributed by atoms with Gasteiger partial charge in [-0.25, -0.2) is 9.97 Å². The molecule has 0 bridgehead atoms. The van der Waals surface area contributed by atoms with E-state index in [-0.39, 0.29) is 6.67 Å². The Bertz CT molecular complexity index is 518. The molecule has 0 aliphatic rings. The number of rotatable bonds is 5. The first-order valence-corrected chi connectivity index (χ1v) is 7.95. The third kappa shape index (κ3) is 7.69. The van der Waals surface area contributed by atoms with Crippen molar-refractivity contribution in [2.45, 2.75) is 54.4 Å². The summed E-state index contributed by atoms with van der Waals surface area (Å²) in [7, 11) is 0. The number of aromatic nitrogens is 2. The minimum atomic E-state index is -0.215. The van der Waals surface area contributed by atoms with Gasteiger partial charge in [0.2, 0.25) is 0 Å². The second kappa shape index (κ2) is 10.5. The molecule has 0 aromatic carbocycles. The summed E-state index contributed by atoms with van der Waals surface area (Å²) in [5, 5.41) is 0.420. The topological polar surface area (TPSA) is 25.8 Å². The average Bonchev–Trinajstić information content (AvgIpc) is 2.42. The van der Waals surface area contributed by atoms with Gasteiger partial charge in [-0.3, -0.25) is 4.39 Å². The van der Waals surface area contributed by atoms with Gasteiger partial charge >= 0.3 is 0 Å². The van der Waals surface area contributed by atoms with Crippen LogP contribution in [-0.4, -0.2) is 16.6 Å². The standard InChI is InChI=1S/C10H19F.C8H9ClN2/c1-8(2)7-10(5-6-11)9(3)4;1-4-7-8(9)11-6(3)5(2)10-7/h8H,5-7H2,1-4H3;4H,1H2,2-3H3. The van der Waals surface area contributed by atoms with Crippen molar-refractivity contribution < 1.29 is 4.39 Å². The van der Waals surface area contributed by atoms with Crippen molar-refractivity contribution in [1.82, 2.24) is 9.97 Å². The molecule has 0 fully saturated rings. The fourth-order valence-corrected chi connectivity index (χ4v) is 2.13. The van der Waals surface area contributed by atoms with Crippen LogP contribution in [-0.2, 0) is 0 Å². The second-order valence-corrected chi connectivity index (χ2v) is 6.27. The average molecular weight is 327 g/mol. The van der Waals surface area contributed by atoms with Crippen molar-refractivity contribution in [1.29, 1.82) is 0 Å². The van der Waals surface area contributed by atoms with E-state index in [1.807, 2.05) is 13.8 Å². The number of aryl methyl sites for hydroxylation is 2. The van der Waals surface area contributed by atoms with Gasteiger partial charge in [0.15, 0.2) is 5.15 Å².